The molecule has 7 nitrogen and oxygen atoms in total. The van der Waals surface area contributed by atoms with Gasteiger partial charge in [0.15, 0.2) is 4.21 Å². The zero-order chi connectivity index (χ0) is 16.5. The van der Waals surface area contributed by atoms with E-state index in [4.69, 9.17) is 5.11 Å². The maximum absolute atomic E-state index is 12.3. The fourth-order valence-corrected chi connectivity index (χ4v) is 5.26. The Bertz CT molecular complexity index is 885. The van der Waals surface area contributed by atoms with Gasteiger partial charge in [-0.3, -0.25) is 9.52 Å². The quantitative estimate of drug-likeness (QED) is 0.791. The number of aromatic nitrogens is 1. The number of pyridine rings is 1. The lowest BCUT2D eigenvalue weighted by atomic mass is 10.4. The van der Waals surface area contributed by atoms with Gasteiger partial charge in [-0.2, -0.15) is 0 Å². The van der Waals surface area contributed by atoms with Crippen molar-refractivity contribution in [3.05, 3.63) is 44.1 Å². The summed E-state index contributed by atoms with van der Waals surface area (Å²) in [6.45, 7) is 2.16. The lowest BCUT2D eigenvalue weighted by molar-refractivity contribution is 0.0702. The molecule has 2 N–H and O–H groups in total. The number of sulfonamides is 1. The van der Waals surface area contributed by atoms with E-state index in [9.17, 15) is 18.0 Å². The first-order chi connectivity index (χ1) is 10.3. The summed E-state index contributed by atoms with van der Waals surface area (Å²) < 4.78 is 28.2. The third kappa shape index (κ3) is 3.23. The van der Waals surface area contributed by atoms with Gasteiger partial charge in [-0.05, 0) is 41.1 Å². The number of carboxylic acid groups (broad SMARTS) is 1. The smallest absolute Gasteiger partial charge is 0.345 e. The van der Waals surface area contributed by atoms with Gasteiger partial charge in [-0.1, -0.05) is 0 Å². The molecule has 0 fully saturated rings. The van der Waals surface area contributed by atoms with Crippen molar-refractivity contribution in [1.82, 2.24) is 4.57 Å². The molecule has 0 unspecified atom stereocenters. The minimum absolute atomic E-state index is 0.0958. The Morgan fingerprint density at radius 3 is 2.73 bits per heavy atom. The SMILES string of the molecule is CCn1cccc(NS(=O)(=O)c2sc(C(=O)O)cc2Br)c1=O. The van der Waals surface area contributed by atoms with Crippen LogP contribution in [-0.2, 0) is 16.6 Å². The third-order valence-electron chi connectivity index (χ3n) is 2.72. The van der Waals surface area contributed by atoms with Crippen LogP contribution in [0.5, 0.6) is 0 Å². The van der Waals surface area contributed by atoms with Gasteiger partial charge < -0.3 is 9.67 Å². The van der Waals surface area contributed by atoms with E-state index in [1.54, 1.807) is 19.2 Å². The Labute approximate surface area is 138 Å². The zero-order valence-corrected chi connectivity index (χ0v) is 14.5. The van der Waals surface area contributed by atoms with Gasteiger partial charge >= 0.3 is 5.97 Å². The van der Waals surface area contributed by atoms with Crippen molar-refractivity contribution >= 4 is 48.9 Å². The Morgan fingerprint density at radius 1 is 1.50 bits per heavy atom. The standard InChI is InChI=1S/C12H11BrN2O5S2/c1-2-15-5-3-4-8(10(15)16)14-22(19,20)12-7(13)6-9(21-12)11(17)18/h3-6,14H,2H2,1H3,(H,17,18). The normalized spacial score (nSPS) is 11.4. The number of hydrogen-bond donors (Lipinski definition) is 2. The first-order valence-electron chi connectivity index (χ1n) is 6.01. The van der Waals surface area contributed by atoms with Crippen LogP contribution in [0.3, 0.4) is 0 Å². The lowest BCUT2D eigenvalue weighted by Gasteiger charge is -2.08. The summed E-state index contributed by atoms with van der Waals surface area (Å²) in [6.07, 6.45) is 1.55. The molecule has 0 aliphatic heterocycles. The van der Waals surface area contributed by atoms with Crippen LogP contribution < -0.4 is 10.3 Å². The fourth-order valence-electron chi connectivity index (χ4n) is 1.70. The van der Waals surface area contributed by atoms with Gasteiger partial charge in [0.05, 0.1) is 0 Å². The number of carboxylic acids is 1. The summed E-state index contributed by atoms with van der Waals surface area (Å²) in [5, 5.41) is 8.91. The molecule has 0 saturated carbocycles. The highest BCUT2D eigenvalue weighted by molar-refractivity contribution is 9.10. The molecule has 2 aromatic heterocycles. The van der Waals surface area contributed by atoms with Crippen molar-refractivity contribution in [3.8, 4) is 0 Å². The molecule has 10 heteroatoms. The number of nitrogens with one attached hydrogen (secondary N) is 1. The summed E-state index contributed by atoms with van der Waals surface area (Å²) in [5.74, 6) is -1.22. The highest BCUT2D eigenvalue weighted by atomic mass is 79.9. The van der Waals surface area contributed by atoms with Crippen molar-refractivity contribution in [2.24, 2.45) is 0 Å². The monoisotopic (exact) mass is 406 g/mol. The largest absolute Gasteiger partial charge is 0.477 e. The number of thiophene rings is 1. The molecular formula is C12H11BrN2O5S2. The summed E-state index contributed by atoms with van der Waals surface area (Å²) >= 11 is 3.63. The average Bonchev–Trinajstić information content (AvgIpc) is 2.84. The van der Waals surface area contributed by atoms with Crippen molar-refractivity contribution in [2.45, 2.75) is 17.7 Å². The van der Waals surface area contributed by atoms with Crippen molar-refractivity contribution in [3.63, 3.8) is 0 Å². The van der Waals surface area contributed by atoms with Crippen LogP contribution in [0.1, 0.15) is 16.6 Å². The molecule has 0 spiro atoms. The summed E-state index contributed by atoms with van der Waals surface area (Å²) in [7, 11) is -4.06. The maximum Gasteiger partial charge on any atom is 0.345 e. The number of carbonyl (C=O) groups is 1. The molecule has 2 aromatic rings. The molecule has 0 amide bonds. The van der Waals surface area contributed by atoms with Gasteiger partial charge in [0.2, 0.25) is 0 Å². The molecule has 22 heavy (non-hydrogen) atoms. The number of aryl methyl sites for hydroxylation is 1. The van der Waals surface area contributed by atoms with Crippen LogP contribution in [0.25, 0.3) is 0 Å². The second-order valence-electron chi connectivity index (χ2n) is 4.17. The van der Waals surface area contributed by atoms with E-state index in [1.807, 2.05) is 0 Å². The molecule has 0 atom stereocenters. The summed E-state index contributed by atoms with van der Waals surface area (Å²) in [4.78, 5) is 22.8. The maximum atomic E-state index is 12.3. The second-order valence-corrected chi connectivity index (χ2v) is 7.95. The molecular weight excluding hydrogens is 396 g/mol. The Morgan fingerprint density at radius 2 is 2.18 bits per heavy atom. The average molecular weight is 407 g/mol. The Kier molecular flexibility index (Phi) is 4.73. The van der Waals surface area contributed by atoms with Gasteiger partial charge in [0.1, 0.15) is 10.6 Å². The molecule has 0 aliphatic rings. The molecule has 0 bridgehead atoms. The predicted octanol–water partition coefficient (Wildman–Crippen LogP) is 2.19. The number of anilines is 1. The van der Waals surface area contributed by atoms with Crippen LogP contribution in [0.15, 0.2) is 37.9 Å². The van der Waals surface area contributed by atoms with Crippen LogP contribution in [-0.4, -0.2) is 24.1 Å². The van der Waals surface area contributed by atoms with Crippen molar-refractivity contribution in [2.75, 3.05) is 4.72 Å². The van der Waals surface area contributed by atoms with E-state index in [0.717, 1.165) is 0 Å². The summed E-state index contributed by atoms with van der Waals surface area (Å²) in [6, 6.07) is 4.11. The van der Waals surface area contributed by atoms with Gasteiger partial charge in [0.25, 0.3) is 15.6 Å². The molecule has 2 rings (SSSR count). The number of nitrogens with zero attached hydrogens (tertiary/aromatic N) is 1. The Hall–Kier alpha value is -1.65. The molecule has 0 radical (unpaired) electrons. The molecule has 2 heterocycles. The molecule has 0 aromatic carbocycles. The lowest BCUT2D eigenvalue weighted by Crippen LogP contribution is -2.24. The van der Waals surface area contributed by atoms with E-state index in [-0.39, 0.29) is 19.2 Å². The minimum Gasteiger partial charge on any atom is -0.477 e. The third-order valence-corrected chi connectivity index (χ3v) is 6.89. The van der Waals surface area contributed by atoms with E-state index in [1.165, 1.54) is 16.7 Å². The second kappa shape index (κ2) is 6.23. The summed E-state index contributed by atoms with van der Waals surface area (Å²) in [5.41, 5.74) is -0.568. The number of aromatic carboxylic acids is 1. The van der Waals surface area contributed by atoms with Gasteiger partial charge in [-0.25, -0.2) is 13.2 Å². The molecule has 118 valence electrons. The van der Waals surface area contributed by atoms with Crippen molar-refractivity contribution in [1.29, 1.82) is 0 Å². The first kappa shape index (κ1) is 16.7. The van der Waals surface area contributed by atoms with Gasteiger partial charge in [0, 0.05) is 17.2 Å². The highest BCUT2D eigenvalue weighted by Crippen LogP contribution is 2.32. The Balaban J connectivity index is 2.45. The van der Waals surface area contributed by atoms with Crippen LogP contribution in [0.2, 0.25) is 0 Å². The highest BCUT2D eigenvalue weighted by Gasteiger charge is 2.24. The number of rotatable bonds is 5. The first-order valence-corrected chi connectivity index (χ1v) is 9.10. The van der Waals surface area contributed by atoms with Crippen LogP contribution >= 0.6 is 27.3 Å². The molecule has 0 aliphatic carbocycles. The van der Waals surface area contributed by atoms with Crippen molar-refractivity contribution < 1.29 is 18.3 Å². The van der Waals surface area contributed by atoms with E-state index >= 15 is 0 Å². The van der Waals surface area contributed by atoms with Crippen LogP contribution in [0.4, 0.5) is 5.69 Å². The topological polar surface area (TPSA) is 105 Å². The molecule has 0 saturated heterocycles. The number of hydrogen-bond acceptors (Lipinski definition) is 5. The number of halogens is 1. The minimum atomic E-state index is -4.06. The van der Waals surface area contributed by atoms with E-state index in [2.05, 4.69) is 20.7 Å². The van der Waals surface area contributed by atoms with E-state index in [0.29, 0.717) is 17.9 Å². The van der Waals surface area contributed by atoms with E-state index < -0.39 is 21.6 Å². The van der Waals surface area contributed by atoms with Gasteiger partial charge in [-0.15, -0.1) is 11.3 Å². The predicted molar refractivity (Wildman–Crippen MR) is 86.2 cm³/mol. The zero-order valence-electron chi connectivity index (χ0n) is 11.2. The fraction of sp³-hybridized carbons (Fsp3) is 0.167. The van der Waals surface area contributed by atoms with Crippen LogP contribution in [0, 0.1) is 0 Å².